The van der Waals surface area contributed by atoms with Crippen molar-refractivity contribution in [1.29, 1.82) is 0 Å². The first kappa shape index (κ1) is 8.51. The largest absolute Gasteiger partial charge is 0.399 e. The van der Waals surface area contributed by atoms with Crippen LogP contribution in [0.2, 0.25) is 0 Å². The lowest BCUT2D eigenvalue weighted by atomic mass is 9.97. The molecule has 0 unspecified atom stereocenters. The van der Waals surface area contributed by atoms with Gasteiger partial charge >= 0.3 is 0 Å². The molecule has 1 heterocycles. The average molecular weight is 180 g/mol. The molecule has 2 nitrogen and oxygen atoms in total. The molecule has 1 atom stereocenters. The lowest BCUT2D eigenvalue weighted by Gasteiger charge is -2.10. The van der Waals surface area contributed by atoms with Crippen LogP contribution in [0.1, 0.15) is 17.9 Å². The molecule has 0 radical (unpaired) electrons. The molecule has 1 saturated heterocycles. The molecule has 0 saturated carbocycles. The van der Waals surface area contributed by atoms with Crippen molar-refractivity contribution in [2.24, 2.45) is 0 Å². The van der Waals surface area contributed by atoms with E-state index in [1.807, 2.05) is 0 Å². The first-order valence-electron chi connectivity index (χ1n) is 4.53. The number of anilines is 1. The summed E-state index contributed by atoms with van der Waals surface area (Å²) in [6, 6.07) is 4.79. The van der Waals surface area contributed by atoms with Gasteiger partial charge in [-0.1, -0.05) is 0 Å². The maximum Gasteiger partial charge on any atom is 0.126 e. The van der Waals surface area contributed by atoms with E-state index in [0.29, 0.717) is 11.6 Å². The zero-order valence-corrected chi connectivity index (χ0v) is 7.39. The lowest BCUT2D eigenvalue weighted by Crippen LogP contribution is -2.09. The molecule has 0 aromatic heterocycles. The number of nitrogens with two attached hydrogens (primary N) is 1. The molecule has 13 heavy (non-hydrogen) atoms. The summed E-state index contributed by atoms with van der Waals surface area (Å²) in [4.78, 5) is 0. The van der Waals surface area contributed by atoms with Gasteiger partial charge in [0.2, 0.25) is 0 Å². The Hall–Kier alpha value is -1.09. The van der Waals surface area contributed by atoms with Gasteiger partial charge in [0.15, 0.2) is 0 Å². The van der Waals surface area contributed by atoms with Crippen molar-refractivity contribution in [2.45, 2.75) is 12.3 Å². The van der Waals surface area contributed by atoms with Crippen LogP contribution < -0.4 is 11.1 Å². The van der Waals surface area contributed by atoms with Crippen molar-refractivity contribution in [3.8, 4) is 0 Å². The van der Waals surface area contributed by atoms with Gasteiger partial charge in [-0.3, -0.25) is 0 Å². The monoisotopic (exact) mass is 180 g/mol. The summed E-state index contributed by atoms with van der Waals surface area (Å²) in [6.45, 7) is 1.83. The zero-order valence-electron chi connectivity index (χ0n) is 7.39. The highest BCUT2D eigenvalue weighted by Gasteiger charge is 2.19. The predicted molar refractivity (Wildman–Crippen MR) is 51.0 cm³/mol. The van der Waals surface area contributed by atoms with E-state index in [0.717, 1.165) is 25.1 Å². The van der Waals surface area contributed by atoms with Gasteiger partial charge in [-0.15, -0.1) is 0 Å². The fourth-order valence-electron chi connectivity index (χ4n) is 1.80. The number of nitrogens with one attached hydrogen (secondary N) is 1. The fourth-order valence-corrected chi connectivity index (χ4v) is 1.80. The SMILES string of the molecule is Nc1ccc(F)c([C@@H]2CCNC2)c1. The maximum absolute atomic E-state index is 13.3. The van der Waals surface area contributed by atoms with Crippen LogP contribution >= 0.6 is 0 Å². The molecule has 0 amide bonds. The molecule has 0 spiro atoms. The fraction of sp³-hybridized carbons (Fsp3) is 0.400. The Balaban J connectivity index is 2.32. The number of rotatable bonds is 1. The summed E-state index contributed by atoms with van der Waals surface area (Å²) in [5.41, 5.74) is 7.00. The van der Waals surface area contributed by atoms with Crippen molar-refractivity contribution in [3.05, 3.63) is 29.6 Å². The molecular weight excluding hydrogens is 167 g/mol. The summed E-state index contributed by atoms with van der Waals surface area (Å²) in [5, 5.41) is 3.21. The molecule has 0 bridgehead atoms. The van der Waals surface area contributed by atoms with Crippen LogP contribution in [-0.4, -0.2) is 13.1 Å². The molecule has 3 heteroatoms. The molecule has 2 rings (SSSR count). The summed E-state index contributed by atoms with van der Waals surface area (Å²) in [7, 11) is 0. The van der Waals surface area contributed by atoms with Crippen LogP contribution in [0.4, 0.5) is 10.1 Å². The number of hydrogen-bond donors (Lipinski definition) is 2. The molecule has 3 N–H and O–H groups in total. The van der Waals surface area contributed by atoms with Gasteiger partial charge in [0, 0.05) is 18.2 Å². The first-order valence-corrected chi connectivity index (χ1v) is 4.53. The summed E-state index contributed by atoms with van der Waals surface area (Å²) in [5.74, 6) is 0.159. The van der Waals surface area contributed by atoms with E-state index in [1.165, 1.54) is 6.07 Å². The Morgan fingerprint density at radius 2 is 2.31 bits per heavy atom. The van der Waals surface area contributed by atoms with E-state index in [-0.39, 0.29) is 5.82 Å². The highest BCUT2D eigenvalue weighted by molar-refractivity contribution is 5.43. The molecule has 0 aliphatic carbocycles. The van der Waals surface area contributed by atoms with Crippen LogP contribution in [0.5, 0.6) is 0 Å². The summed E-state index contributed by atoms with van der Waals surface area (Å²) < 4.78 is 13.3. The van der Waals surface area contributed by atoms with Crippen molar-refractivity contribution < 1.29 is 4.39 Å². The van der Waals surface area contributed by atoms with Gasteiger partial charge in [-0.05, 0) is 36.7 Å². The minimum atomic E-state index is -0.136. The Kier molecular flexibility index (Phi) is 2.19. The molecule has 1 aliphatic rings. The highest BCUT2D eigenvalue weighted by atomic mass is 19.1. The topological polar surface area (TPSA) is 38.0 Å². The van der Waals surface area contributed by atoms with Crippen LogP contribution in [0.3, 0.4) is 0 Å². The third kappa shape index (κ3) is 1.65. The average Bonchev–Trinajstić information content (AvgIpc) is 2.61. The third-order valence-electron chi connectivity index (χ3n) is 2.52. The molecule has 1 aromatic rings. The number of halogens is 1. The van der Waals surface area contributed by atoms with Gasteiger partial charge < -0.3 is 11.1 Å². The second-order valence-electron chi connectivity index (χ2n) is 3.47. The van der Waals surface area contributed by atoms with Crippen molar-refractivity contribution >= 4 is 5.69 Å². The second-order valence-corrected chi connectivity index (χ2v) is 3.47. The van der Waals surface area contributed by atoms with Crippen LogP contribution in [-0.2, 0) is 0 Å². The third-order valence-corrected chi connectivity index (χ3v) is 2.52. The Morgan fingerprint density at radius 1 is 1.46 bits per heavy atom. The summed E-state index contributed by atoms with van der Waals surface area (Å²) >= 11 is 0. The van der Waals surface area contributed by atoms with Gasteiger partial charge in [0.05, 0.1) is 0 Å². The second kappa shape index (κ2) is 3.34. The lowest BCUT2D eigenvalue weighted by molar-refractivity contribution is 0.588. The van der Waals surface area contributed by atoms with E-state index in [9.17, 15) is 4.39 Å². The normalized spacial score (nSPS) is 22.1. The minimum absolute atomic E-state index is 0.136. The van der Waals surface area contributed by atoms with E-state index < -0.39 is 0 Å². The first-order chi connectivity index (χ1) is 6.27. The maximum atomic E-state index is 13.3. The van der Waals surface area contributed by atoms with Gasteiger partial charge in [0.25, 0.3) is 0 Å². The van der Waals surface area contributed by atoms with Gasteiger partial charge in [0.1, 0.15) is 5.82 Å². The molecule has 1 aliphatic heterocycles. The van der Waals surface area contributed by atoms with Crippen LogP contribution in [0, 0.1) is 5.82 Å². The van der Waals surface area contributed by atoms with E-state index in [4.69, 9.17) is 5.73 Å². The minimum Gasteiger partial charge on any atom is -0.399 e. The standard InChI is InChI=1S/C10H13FN2/c11-10-2-1-8(12)5-9(10)7-3-4-13-6-7/h1-2,5,7,13H,3-4,6,12H2/t7-/m1/s1. The quantitative estimate of drug-likeness (QED) is 0.642. The van der Waals surface area contributed by atoms with Crippen LogP contribution in [0.25, 0.3) is 0 Å². The zero-order chi connectivity index (χ0) is 9.26. The summed E-state index contributed by atoms with van der Waals surface area (Å²) in [6.07, 6.45) is 1.00. The predicted octanol–water partition coefficient (Wildman–Crippen LogP) is 1.48. The smallest absolute Gasteiger partial charge is 0.126 e. The Morgan fingerprint density at radius 3 is 3.00 bits per heavy atom. The number of benzene rings is 1. The van der Waals surface area contributed by atoms with E-state index >= 15 is 0 Å². The number of nitrogen functional groups attached to an aromatic ring is 1. The van der Waals surface area contributed by atoms with E-state index in [2.05, 4.69) is 5.32 Å². The molecule has 70 valence electrons. The van der Waals surface area contributed by atoms with Crippen molar-refractivity contribution in [2.75, 3.05) is 18.8 Å². The van der Waals surface area contributed by atoms with E-state index in [1.54, 1.807) is 12.1 Å². The van der Waals surface area contributed by atoms with Gasteiger partial charge in [-0.2, -0.15) is 0 Å². The Bertz CT molecular complexity index is 306. The molecule has 1 fully saturated rings. The Labute approximate surface area is 76.9 Å². The van der Waals surface area contributed by atoms with Crippen molar-refractivity contribution in [3.63, 3.8) is 0 Å². The number of hydrogen-bond acceptors (Lipinski definition) is 2. The van der Waals surface area contributed by atoms with Crippen LogP contribution in [0.15, 0.2) is 18.2 Å². The molecule has 1 aromatic carbocycles. The van der Waals surface area contributed by atoms with Gasteiger partial charge in [-0.25, -0.2) is 4.39 Å². The van der Waals surface area contributed by atoms with Crippen molar-refractivity contribution in [1.82, 2.24) is 5.32 Å². The highest BCUT2D eigenvalue weighted by Crippen LogP contribution is 2.26. The molecular formula is C10H13FN2.